The maximum absolute atomic E-state index is 12.3. The average molecular weight is 294 g/mol. The van der Waals surface area contributed by atoms with Crippen molar-refractivity contribution in [3.8, 4) is 0 Å². The molecule has 6 heteroatoms. The number of para-hydroxylation sites is 1. The lowest BCUT2D eigenvalue weighted by Crippen LogP contribution is -2.42. The number of amides is 2. The van der Waals surface area contributed by atoms with Crippen LogP contribution in [0.25, 0.3) is 0 Å². The van der Waals surface area contributed by atoms with Crippen molar-refractivity contribution in [2.75, 3.05) is 31.7 Å². The number of ether oxygens (including phenoxy) is 1. The number of methoxy groups -OCH3 is 1. The Morgan fingerprint density at radius 2 is 2.05 bits per heavy atom. The molecule has 0 saturated heterocycles. The van der Waals surface area contributed by atoms with Gasteiger partial charge in [0.2, 0.25) is 0 Å². The molecule has 0 fully saturated rings. The van der Waals surface area contributed by atoms with Gasteiger partial charge in [0.15, 0.2) is 0 Å². The molecular formula is C15H22N2O4. The summed E-state index contributed by atoms with van der Waals surface area (Å²) in [4.78, 5) is 24.5. The number of urea groups is 1. The number of carboxylic acids is 1. The van der Waals surface area contributed by atoms with Gasteiger partial charge in [0.25, 0.3) is 0 Å². The lowest BCUT2D eigenvalue weighted by Gasteiger charge is -2.24. The number of rotatable bonds is 8. The van der Waals surface area contributed by atoms with Crippen LogP contribution in [0.3, 0.4) is 0 Å². The standard InChI is InChI=1S/C15H22N2O4/c1-12-6-3-4-7-13(12)17(10-8-14(18)19)15(20)16-9-5-11-21-2/h3-4,6-7H,5,8-11H2,1-2H3,(H,16,20)(H,18,19). The van der Waals surface area contributed by atoms with Crippen LogP contribution in [-0.2, 0) is 9.53 Å². The molecule has 1 rings (SSSR count). The molecule has 0 aliphatic carbocycles. The number of aryl methyl sites for hydroxylation is 1. The van der Waals surface area contributed by atoms with Crippen LogP contribution in [0.4, 0.5) is 10.5 Å². The molecule has 1 aromatic carbocycles. The molecule has 0 saturated carbocycles. The van der Waals surface area contributed by atoms with Gasteiger partial charge >= 0.3 is 12.0 Å². The first-order valence-corrected chi connectivity index (χ1v) is 6.88. The summed E-state index contributed by atoms with van der Waals surface area (Å²) in [5.74, 6) is -0.930. The molecule has 0 heterocycles. The van der Waals surface area contributed by atoms with Gasteiger partial charge in [-0.1, -0.05) is 18.2 Å². The highest BCUT2D eigenvalue weighted by molar-refractivity contribution is 5.93. The van der Waals surface area contributed by atoms with Crippen molar-refractivity contribution >= 4 is 17.7 Å². The van der Waals surface area contributed by atoms with E-state index in [1.807, 2.05) is 31.2 Å². The molecule has 0 atom stereocenters. The van der Waals surface area contributed by atoms with Crippen molar-refractivity contribution in [2.24, 2.45) is 0 Å². The van der Waals surface area contributed by atoms with Crippen LogP contribution in [-0.4, -0.2) is 43.9 Å². The second kappa shape index (κ2) is 8.97. The molecule has 2 N–H and O–H groups in total. The van der Waals surface area contributed by atoms with Crippen LogP contribution in [0.1, 0.15) is 18.4 Å². The summed E-state index contributed by atoms with van der Waals surface area (Å²) in [6.45, 7) is 3.08. The van der Waals surface area contributed by atoms with E-state index in [0.29, 0.717) is 19.6 Å². The fourth-order valence-electron chi connectivity index (χ4n) is 1.91. The minimum absolute atomic E-state index is 0.0974. The normalized spacial score (nSPS) is 10.2. The number of carbonyl (C=O) groups is 2. The van der Waals surface area contributed by atoms with Crippen molar-refractivity contribution in [1.29, 1.82) is 0 Å². The Balaban J connectivity index is 2.74. The van der Waals surface area contributed by atoms with Crippen LogP contribution >= 0.6 is 0 Å². The van der Waals surface area contributed by atoms with Gasteiger partial charge in [0.05, 0.1) is 6.42 Å². The van der Waals surface area contributed by atoms with E-state index in [2.05, 4.69) is 5.32 Å². The summed E-state index contributed by atoms with van der Waals surface area (Å²) >= 11 is 0. The van der Waals surface area contributed by atoms with E-state index in [0.717, 1.165) is 11.3 Å². The average Bonchev–Trinajstić information content (AvgIpc) is 2.45. The summed E-state index contributed by atoms with van der Waals surface area (Å²) in [5, 5.41) is 11.6. The highest BCUT2D eigenvalue weighted by Gasteiger charge is 2.17. The van der Waals surface area contributed by atoms with E-state index in [4.69, 9.17) is 9.84 Å². The second-order valence-electron chi connectivity index (χ2n) is 4.66. The molecule has 116 valence electrons. The number of nitrogens with one attached hydrogen (secondary N) is 1. The minimum atomic E-state index is -0.930. The Hall–Kier alpha value is -2.08. The first-order valence-electron chi connectivity index (χ1n) is 6.88. The molecular weight excluding hydrogens is 272 g/mol. The van der Waals surface area contributed by atoms with Crippen molar-refractivity contribution in [1.82, 2.24) is 5.32 Å². The second-order valence-corrected chi connectivity index (χ2v) is 4.66. The van der Waals surface area contributed by atoms with Gasteiger partial charge in [0, 0.05) is 32.5 Å². The molecule has 0 aromatic heterocycles. The van der Waals surface area contributed by atoms with E-state index >= 15 is 0 Å². The van der Waals surface area contributed by atoms with Crippen molar-refractivity contribution in [3.63, 3.8) is 0 Å². The number of hydrogen-bond acceptors (Lipinski definition) is 3. The topological polar surface area (TPSA) is 78.9 Å². The monoisotopic (exact) mass is 294 g/mol. The number of carbonyl (C=O) groups excluding carboxylic acids is 1. The van der Waals surface area contributed by atoms with Crippen LogP contribution in [0, 0.1) is 6.92 Å². The van der Waals surface area contributed by atoms with Crippen molar-refractivity contribution < 1.29 is 19.4 Å². The smallest absolute Gasteiger partial charge is 0.321 e. The quantitative estimate of drug-likeness (QED) is 0.719. The summed E-state index contributed by atoms with van der Waals surface area (Å²) in [6, 6.07) is 7.12. The molecule has 0 spiro atoms. The molecule has 21 heavy (non-hydrogen) atoms. The number of nitrogens with zero attached hydrogens (tertiary/aromatic N) is 1. The fraction of sp³-hybridized carbons (Fsp3) is 0.467. The lowest BCUT2D eigenvalue weighted by molar-refractivity contribution is -0.136. The van der Waals surface area contributed by atoms with Crippen LogP contribution in [0.15, 0.2) is 24.3 Å². The van der Waals surface area contributed by atoms with Crippen LogP contribution in [0.2, 0.25) is 0 Å². The Bertz CT molecular complexity index is 476. The maximum atomic E-state index is 12.3. The molecule has 0 unspecified atom stereocenters. The van der Waals surface area contributed by atoms with Gasteiger partial charge in [0.1, 0.15) is 0 Å². The number of benzene rings is 1. The Morgan fingerprint density at radius 1 is 1.33 bits per heavy atom. The van der Waals surface area contributed by atoms with E-state index in [1.165, 1.54) is 4.90 Å². The third kappa shape index (κ3) is 5.83. The minimum Gasteiger partial charge on any atom is -0.481 e. The Labute approximate surface area is 124 Å². The van der Waals surface area contributed by atoms with Crippen LogP contribution in [0.5, 0.6) is 0 Å². The van der Waals surface area contributed by atoms with Crippen molar-refractivity contribution in [3.05, 3.63) is 29.8 Å². The van der Waals surface area contributed by atoms with Gasteiger partial charge in [-0.3, -0.25) is 9.69 Å². The van der Waals surface area contributed by atoms with E-state index in [9.17, 15) is 9.59 Å². The molecule has 0 radical (unpaired) electrons. The Kier molecular flexibility index (Phi) is 7.25. The number of aliphatic carboxylic acids is 1. The summed E-state index contributed by atoms with van der Waals surface area (Å²) in [5.41, 5.74) is 1.65. The Morgan fingerprint density at radius 3 is 2.67 bits per heavy atom. The predicted octanol–water partition coefficient (Wildman–Crippen LogP) is 2.02. The van der Waals surface area contributed by atoms with Gasteiger partial charge in [-0.15, -0.1) is 0 Å². The number of anilines is 1. The third-order valence-corrected chi connectivity index (χ3v) is 3.00. The third-order valence-electron chi connectivity index (χ3n) is 3.00. The summed E-state index contributed by atoms with van der Waals surface area (Å²) in [6.07, 6.45) is 0.614. The zero-order valence-electron chi connectivity index (χ0n) is 12.5. The van der Waals surface area contributed by atoms with E-state index < -0.39 is 5.97 Å². The molecule has 1 aromatic rings. The van der Waals surface area contributed by atoms with Gasteiger partial charge < -0.3 is 15.2 Å². The van der Waals surface area contributed by atoms with E-state index in [1.54, 1.807) is 7.11 Å². The van der Waals surface area contributed by atoms with E-state index in [-0.39, 0.29) is 19.0 Å². The lowest BCUT2D eigenvalue weighted by atomic mass is 10.2. The van der Waals surface area contributed by atoms with Crippen LogP contribution < -0.4 is 10.2 Å². The highest BCUT2D eigenvalue weighted by Crippen LogP contribution is 2.19. The number of carboxylic acid groups (broad SMARTS) is 1. The maximum Gasteiger partial charge on any atom is 0.321 e. The molecule has 6 nitrogen and oxygen atoms in total. The molecule has 0 bridgehead atoms. The first kappa shape index (κ1) is 17.0. The fourth-order valence-corrected chi connectivity index (χ4v) is 1.91. The molecule has 0 aliphatic rings. The van der Waals surface area contributed by atoms with Gasteiger partial charge in [-0.05, 0) is 25.0 Å². The zero-order chi connectivity index (χ0) is 15.7. The largest absolute Gasteiger partial charge is 0.481 e. The van der Waals surface area contributed by atoms with Crippen molar-refractivity contribution in [2.45, 2.75) is 19.8 Å². The highest BCUT2D eigenvalue weighted by atomic mass is 16.5. The van der Waals surface area contributed by atoms with Gasteiger partial charge in [-0.2, -0.15) is 0 Å². The first-order chi connectivity index (χ1) is 10.1. The molecule has 2 amide bonds. The summed E-state index contributed by atoms with van der Waals surface area (Å²) < 4.78 is 4.92. The summed E-state index contributed by atoms with van der Waals surface area (Å²) in [7, 11) is 1.61. The zero-order valence-corrected chi connectivity index (χ0v) is 12.5. The number of hydrogen-bond donors (Lipinski definition) is 2. The predicted molar refractivity (Wildman–Crippen MR) is 80.7 cm³/mol. The van der Waals surface area contributed by atoms with Gasteiger partial charge in [-0.25, -0.2) is 4.79 Å². The SMILES string of the molecule is COCCCNC(=O)N(CCC(=O)O)c1ccccc1C. The molecule has 0 aliphatic heterocycles.